The predicted molar refractivity (Wildman–Crippen MR) is 76.2 cm³/mol. The molecule has 20 heavy (non-hydrogen) atoms. The van der Waals surface area contributed by atoms with Gasteiger partial charge in [-0.15, -0.1) is 0 Å². The molecule has 0 fully saturated rings. The third-order valence-corrected chi connectivity index (χ3v) is 3.09. The average Bonchev–Trinajstić information content (AvgIpc) is 2.90. The van der Waals surface area contributed by atoms with Crippen LogP contribution in [0.4, 0.5) is 5.82 Å². The monoisotopic (exact) mass is 263 g/mol. The van der Waals surface area contributed by atoms with E-state index in [-0.39, 0.29) is 0 Å². The molecule has 0 bridgehead atoms. The minimum atomic E-state index is 0.535. The maximum Gasteiger partial charge on any atom is 0.144 e. The van der Waals surface area contributed by atoms with Crippen molar-refractivity contribution in [2.75, 3.05) is 5.32 Å². The summed E-state index contributed by atoms with van der Waals surface area (Å²) in [6.07, 6.45) is 5.61. The summed E-state index contributed by atoms with van der Waals surface area (Å²) in [6.45, 7) is 2.57. The first-order chi connectivity index (χ1) is 9.78. The number of anilines is 1. The van der Waals surface area contributed by atoms with Gasteiger partial charge in [0, 0.05) is 18.6 Å². The van der Waals surface area contributed by atoms with E-state index in [0.29, 0.717) is 17.9 Å². The molecule has 3 rings (SSSR count). The highest BCUT2D eigenvalue weighted by molar-refractivity contribution is 5.52. The van der Waals surface area contributed by atoms with E-state index in [9.17, 15) is 0 Å². The lowest BCUT2D eigenvalue weighted by Crippen LogP contribution is -2.03. The molecule has 3 heterocycles. The van der Waals surface area contributed by atoms with Crippen molar-refractivity contribution in [1.29, 1.82) is 5.26 Å². The van der Waals surface area contributed by atoms with Crippen LogP contribution in [0.3, 0.4) is 0 Å². The largest absolute Gasteiger partial charge is 0.363 e. The van der Waals surface area contributed by atoms with Crippen LogP contribution in [-0.2, 0) is 6.54 Å². The van der Waals surface area contributed by atoms with Gasteiger partial charge in [0.2, 0.25) is 0 Å². The zero-order chi connectivity index (χ0) is 13.9. The molecule has 0 aliphatic rings. The molecule has 0 aliphatic heterocycles. The van der Waals surface area contributed by atoms with Crippen LogP contribution in [0.5, 0.6) is 0 Å². The van der Waals surface area contributed by atoms with Crippen molar-refractivity contribution < 1.29 is 0 Å². The lowest BCUT2D eigenvalue weighted by atomic mass is 10.3. The summed E-state index contributed by atoms with van der Waals surface area (Å²) >= 11 is 0. The molecule has 0 aliphatic carbocycles. The number of pyridine rings is 2. The number of hydrogen-bond acceptors (Lipinski definition) is 4. The number of imidazole rings is 1. The maximum absolute atomic E-state index is 9.02. The van der Waals surface area contributed by atoms with E-state index in [1.807, 2.05) is 35.9 Å². The molecular weight excluding hydrogens is 250 g/mol. The molecule has 1 N–H and O–H groups in total. The Kier molecular flexibility index (Phi) is 3.05. The molecule has 5 nitrogen and oxygen atoms in total. The van der Waals surface area contributed by atoms with E-state index in [2.05, 4.69) is 21.4 Å². The first-order valence-electron chi connectivity index (χ1n) is 6.30. The summed E-state index contributed by atoms with van der Waals surface area (Å²) < 4.78 is 2.00. The molecule has 0 saturated carbocycles. The fourth-order valence-corrected chi connectivity index (χ4v) is 2.10. The molecular formula is C15H13N5. The normalized spacial score (nSPS) is 10.4. The van der Waals surface area contributed by atoms with E-state index in [4.69, 9.17) is 5.26 Å². The van der Waals surface area contributed by atoms with E-state index in [0.717, 1.165) is 16.9 Å². The van der Waals surface area contributed by atoms with Crippen LogP contribution in [0.1, 0.15) is 16.8 Å². The first-order valence-corrected chi connectivity index (χ1v) is 6.30. The Morgan fingerprint density at radius 1 is 1.35 bits per heavy atom. The molecule has 0 amide bonds. The van der Waals surface area contributed by atoms with Gasteiger partial charge in [-0.05, 0) is 30.7 Å². The molecule has 0 unspecified atom stereocenters. The Balaban J connectivity index is 1.84. The summed E-state index contributed by atoms with van der Waals surface area (Å²) in [5, 5.41) is 12.2. The second-order valence-corrected chi connectivity index (χ2v) is 4.52. The molecule has 0 aromatic carbocycles. The fourth-order valence-electron chi connectivity index (χ4n) is 2.10. The van der Waals surface area contributed by atoms with Gasteiger partial charge in [0.15, 0.2) is 0 Å². The highest BCUT2D eigenvalue weighted by Gasteiger charge is 2.05. The molecule has 0 spiro atoms. The van der Waals surface area contributed by atoms with E-state index >= 15 is 0 Å². The second kappa shape index (κ2) is 5.02. The van der Waals surface area contributed by atoms with Gasteiger partial charge >= 0.3 is 0 Å². The van der Waals surface area contributed by atoms with Crippen molar-refractivity contribution in [3.63, 3.8) is 0 Å². The summed E-state index contributed by atoms with van der Waals surface area (Å²) in [4.78, 5) is 8.74. The van der Waals surface area contributed by atoms with E-state index in [1.54, 1.807) is 18.3 Å². The second-order valence-electron chi connectivity index (χ2n) is 4.52. The number of nitrogens with zero attached hydrogens (tertiary/aromatic N) is 4. The molecule has 0 radical (unpaired) electrons. The summed E-state index contributed by atoms with van der Waals surface area (Å²) in [6, 6.07) is 9.63. The smallest absolute Gasteiger partial charge is 0.144 e. The number of rotatable bonds is 3. The van der Waals surface area contributed by atoms with Crippen molar-refractivity contribution in [2.24, 2.45) is 0 Å². The Labute approximate surface area is 116 Å². The number of aryl methyl sites for hydroxylation is 1. The molecule has 0 atom stereocenters. The Morgan fingerprint density at radius 3 is 3.05 bits per heavy atom. The molecule has 3 aromatic heterocycles. The van der Waals surface area contributed by atoms with Crippen LogP contribution in [0.2, 0.25) is 0 Å². The van der Waals surface area contributed by atoms with Gasteiger partial charge in [-0.2, -0.15) is 5.26 Å². The third kappa shape index (κ3) is 2.19. The lowest BCUT2D eigenvalue weighted by Gasteiger charge is -2.04. The minimum absolute atomic E-state index is 0.535. The van der Waals surface area contributed by atoms with Crippen molar-refractivity contribution in [3.8, 4) is 6.07 Å². The topological polar surface area (TPSA) is 66.0 Å². The standard InChI is InChI=1S/C15H13N5/c1-11-4-3-7-20-10-13(19-15(11)20)9-18-14-12(8-16)5-2-6-17-14/h2-7,10H,9H2,1H3,(H,17,18). The lowest BCUT2D eigenvalue weighted by molar-refractivity contribution is 1.05. The minimum Gasteiger partial charge on any atom is -0.363 e. The predicted octanol–water partition coefficient (Wildman–Crippen LogP) is 2.52. The number of aromatic nitrogens is 3. The van der Waals surface area contributed by atoms with Crippen LogP contribution >= 0.6 is 0 Å². The van der Waals surface area contributed by atoms with Gasteiger partial charge in [0.25, 0.3) is 0 Å². The number of nitriles is 1. The number of fused-ring (bicyclic) bond motifs is 1. The van der Waals surface area contributed by atoms with E-state index < -0.39 is 0 Å². The van der Waals surface area contributed by atoms with Crippen molar-refractivity contribution in [3.05, 3.63) is 59.7 Å². The van der Waals surface area contributed by atoms with Crippen LogP contribution < -0.4 is 5.32 Å². The summed E-state index contributed by atoms with van der Waals surface area (Å²) in [7, 11) is 0. The van der Waals surface area contributed by atoms with Crippen LogP contribution in [0.25, 0.3) is 5.65 Å². The third-order valence-electron chi connectivity index (χ3n) is 3.09. The quantitative estimate of drug-likeness (QED) is 0.788. The SMILES string of the molecule is Cc1cccn2cc(CNc3ncccc3C#N)nc12. The van der Waals surface area contributed by atoms with Crippen LogP contribution in [0.15, 0.2) is 42.9 Å². The van der Waals surface area contributed by atoms with Crippen molar-refractivity contribution in [2.45, 2.75) is 13.5 Å². The molecule has 98 valence electrons. The molecule has 0 saturated heterocycles. The maximum atomic E-state index is 9.02. The number of hydrogen-bond donors (Lipinski definition) is 1. The average molecular weight is 263 g/mol. The zero-order valence-corrected chi connectivity index (χ0v) is 11.0. The molecule has 5 heteroatoms. The first kappa shape index (κ1) is 12.2. The van der Waals surface area contributed by atoms with Gasteiger partial charge in [0.05, 0.1) is 17.8 Å². The van der Waals surface area contributed by atoms with Gasteiger partial charge < -0.3 is 9.72 Å². The number of nitrogens with one attached hydrogen (secondary N) is 1. The highest BCUT2D eigenvalue weighted by Crippen LogP contribution is 2.13. The van der Waals surface area contributed by atoms with E-state index in [1.165, 1.54) is 0 Å². The fraction of sp³-hybridized carbons (Fsp3) is 0.133. The van der Waals surface area contributed by atoms with Crippen LogP contribution in [0, 0.1) is 18.3 Å². The summed E-state index contributed by atoms with van der Waals surface area (Å²) in [5.41, 5.74) is 3.53. The zero-order valence-electron chi connectivity index (χ0n) is 11.0. The van der Waals surface area contributed by atoms with Gasteiger partial charge in [-0.3, -0.25) is 0 Å². The Hall–Kier alpha value is -2.87. The Bertz CT molecular complexity index is 797. The highest BCUT2D eigenvalue weighted by atomic mass is 15.0. The Morgan fingerprint density at radius 2 is 2.25 bits per heavy atom. The van der Waals surface area contributed by atoms with Gasteiger partial charge in [-0.25, -0.2) is 9.97 Å². The van der Waals surface area contributed by atoms with Gasteiger partial charge in [-0.1, -0.05) is 6.07 Å². The van der Waals surface area contributed by atoms with Crippen LogP contribution in [-0.4, -0.2) is 14.4 Å². The summed E-state index contributed by atoms with van der Waals surface area (Å²) in [5.74, 6) is 0.587. The van der Waals surface area contributed by atoms with Crippen molar-refractivity contribution in [1.82, 2.24) is 14.4 Å². The van der Waals surface area contributed by atoms with Crippen molar-refractivity contribution >= 4 is 11.5 Å². The molecule has 3 aromatic rings. The van der Waals surface area contributed by atoms with Gasteiger partial charge in [0.1, 0.15) is 17.5 Å².